The Morgan fingerprint density at radius 3 is 2.56 bits per heavy atom. The van der Waals surface area contributed by atoms with E-state index in [0.717, 1.165) is 11.1 Å². The van der Waals surface area contributed by atoms with Crippen molar-refractivity contribution in [2.75, 3.05) is 14.2 Å². The third-order valence-electron chi connectivity index (χ3n) is 5.16. The van der Waals surface area contributed by atoms with Crippen LogP contribution in [0.5, 0.6) is 5.88 Å². The molecule has 0 spiro atoms. The van der Waals surface area contributed by atoms with Gasteiger partial charge in [-0.05, 0) is 30.2 Å². The van der Waals surface area contributed by atoms with E-state index >= 15 is 0 Å². The van der Waals surface area contributed by atoms with E-state index in [4.69, 9.17) is 4.74 Å². The van der Waals surface area contributed by atoms with E-state index in [-0.39, 0.29) is 29.6 Å². The summed E-state index contributed by atoms with van der Waals surface area (Å²) in [5.74, 6) is -1.76. The number of aromatic nitrogens is 1. The van der Waals surface area contributed by atoms with Crippen LogP contribution < -0.4 is 15.4 Å². The van der Waals surface area contributed by atoms with E-state index in [1.54, 1.807) is 37.4 Å². The summed E-state index contributed by atoms with van der Waals surface area (Å²) < 4.78 is 5.06. The van der Waals surface area contributed by atoms with Crippen LogP contribution in [0.15, 0.2) is 54.4 Å². The maximum atomic E-state index is 12.6. The average molecular weight is 476 g/mol. The van der Waals surface area contributed by atoms with E-state index in [2.05, 4.69) is 15.6 Å². The van der Waals surface area contributed by atoms with Crippen LogP contribution in [-0.4, -0.2) is 88.4 Å². The van der Waals surface area contributed by atoms with Crippen molar-refractivity contribution in [2.45, 2.75) is 25.4 Å². The van der Waals surface area contributed by atoms with Gasteiger partial charge in [0.25, 0.3) is 5.91 Å². The van der Waals surface area contributed by atoms with E-state index in [0.29, 0.717) is 17.0 Å². The second-order valence-corrected chi connectivity index (χ2v) is 7.54. The van der Waals surface area contributed by atoms with Gasteiger partial charge in [-0.15, -0.1) is 0 Å². The second kappa shape index (κ2) is 11.8. The summed E-state index contributed by atoms with van der Waals surface area (Å²) in [7, 11) is 3.00. The Kier molecular flexibility index (Phi) is 9.36. The summed E-state index contributed by atoms with van der Waals surface area (Å²) in [6.07, 6.45) is 2.62. The molecule has 0 fully saturated rings. The summed E-state index contributed by atoms with van der Waals surface area (Å²) in [5, 5.41) is 14.3. The van der Waals surface area contributed by atoms with Gasteiger partial charge < -0.3 is 25.4 Å². The van der Waals surface area contributed by atoms with E-state index in [9.17, 15) is 24.3 Å². The van der Waals surface area contributed by atoms with Gasteiger partial charge in [0.05, 0.1) is 19.6 Å². The number of aliphatic carboxylic acids is 1. The van der Waals surface area contributed by atoms with Crippen molar-refractivity contribution >= 4 is 53.2 Å². The molecule has 174 valence electrons. The molecule has 1 aromatic heterocycles. The fourth-order valence-electron chi connectivity index (χ4n) is 3.45. The summed E-state index contributed by atoms with van der Waals surface area (Å²) in [5.41, 5.74) is 2.40. The van der Waals surface area contributed by atoms with Gasteiger partial charge in [-0.3, -0.25) is 14.4 Å². The molecular weight excluding hydrogens is 451 g/mol. The van der Waals surface area contributed by atoms with Gasteiger partial charge in [0.2, 0.25) is 5.88 Å². The number of ether oxygens (including phenoxy) is 1. The van der Waals surface area contributed by atoms with E-state index in [1.165, 1.54) is 25.3 Å². The fourth-order valence-corrected chi connectivity index (χ4v) is 3.45. The number of ketones is 1. The van der Waals surface area contributed by atoms with Crippen molar-refractivity contribution in [3.63, 3.8) is 0 Å². The number of benzene rings is 1. The number of pyridine rings is 1. The molecule has 3 rings (SSSR count). The summed E-state index contributed by atoms with van der Waals surface area (Å²) in [4.78, 5) is 54.1. The fraction of sp³-hybridized carbons (Fsp3) is 0.261. The minimum absolute atomic E-state index is 0. The molecule has 1 aliphatic heterocycles. The molecule has 0 saturated heterocycles. The minimum atomic E-state index is -1.37. The number of methoxy groups -OCH3 is 1. The first-order valence-corrected chi connectivity index (χ1v) is 10.1. The number of nitrogens with one attached hydrogen (secondary N) is 2. The number of carbonyl (C=O) groups excluding carboxylic acids is 3. The van der Waals surface area contributed by atoms with Crippen LogP contribution in [0.25, 0.3) is 11.1 Å². The molecule has 2 heterocycles. The standard InChI is InChI=1S/C23H24N4O6.Na.H/c1-13-12-27(2)22(31)20(21(13)30)26-23(32)25-17(10-19(28)29)15-6-4-5-14(9-15)16-7-8-18(33-3)24-11-16;;/h4-9,11-12,17,20H,10H2,1-3H3,(H,28,29)(H2,25,26,32);;/t17-,20?;;/m0../s1. The second-order valence-electron chi connectivity index (χ2n) is 7.54. The van der Waals surface area contributed by atoms with Crippen LogP contribution in [-0.2, 0) is 14.4 Å². The van der Waals surface area contributed by atoms with Gasteiger partial charge in [0.15, 0.2) is 11.8 Å². The normalized spacial score (nSPS) is 16.1. The number of carbonyl (C=O) groups is 4. The SMILES string of the molecule is COc1ccc(-c2cccc([C@H](CC(=O)O)NC(=O)NC3C(=O)C(C)=CN(C)C3=O)c2)cn1.[NaH]. The maximum absolute atomic E-state index is 12.6. The molecule has 0 bridgehead atoms. The molecule has 2 atom stereocenters. The number of carboxylic acids is 1. The third-order valence-corrected chi connectivity index (χ3v) is 5.16. The van der Waals surface area contributed by atoms with Crippen molar-refractivity contribution in [3.8, 4) is 17.0 Å². The monoisotopic (exact) mass is 476 g/mol. The van der Waals surface area contributed by atoms with Crippen LogP contribution >= 0.6 is 0 Å². The van der Waals surface area contributed by atoms with Gasteiger partial charge in [0, 0.05) is 36.6 Å². The van der Waals surface area contributed by atoms with Crippen LogP contribution in [0.2, 0.25) is 0 Å². The predicted molar refractivity (Wildman–Crippen MR) is 125 cm³/mol. The Bertz CT molecular complexity index is 1120. The van der Waals surface area contributed by atoms with Crippen molar-refractivity contribution in [1.29, 1.82) is 0 Å². The van der Waals surface area contributed by atoms with Crippen LogP contribution in [0.1, 0.15) is 24.9 Å². The van der Waals surface area contributed by atoms with Gasteiger partial charge in [-0.1, -0.05) is 18.2 Å². The number of amides is 3. The zero-order valence-corrected chi connectivity index (χ0v) is 18.4. The van der Waals surface area contributed by atoms with Crippen molar-refractivity contribution in [3.05, 3.63) is 59.9 Å². The molecular formula is C23H25N4NaO6. The summed E-state index contributed by atoms with van der Waals surface area (Å²) in [6, 6.07) is 7.40. The molecule has 0 saturated carbocycles. The molecule has 1 aliphatic rings. The quantitative estimate of drug-likeness (QED) is 0.404. The summed E-state index contributed by atoms with van der Waals surface area (Å²) >= 11 is 0. The molecule has 1 aromatic carbocycles. The Labute approximate surface area is 218 Å². The first-order valence-electron chi connectivity index (χ1n) is 10.1. The number of carboxylic acid groups (broad SMARTS) is 1. The molecule has 34 heavy (non-hydrogen) atoms. The molecule has 1 unspecified atom stereocenters. The van der Waals surface area contributed by atoms with Gasteiger partial charge in [0.1, 0.15) is 0 Å². The van der Waals surface area contributed by atoms with Crippen LogP contribution in [0.3, 0.4) is 0 Å². The zero-order chi connectivity index (χ0) is 24.1. The van der Waals surface area contributed by atoms with Crippen LogP contribution in [0, 0.1) is 0 Å². The van der Waals surface area contributed by atoms with Crippen molar-refractivity contribution in [1.82, 2.24) is 20.5 Å². The molecule has 2 aromatic rings. The number of likely N-dealkylation sites (N-methyl/N-ethyl adjacent to an activating group) is 1. The van der Waals surface area contributed by atoms with Gasteiger partial charge >= 0.3 is 41.6 Å². The number of rotatable bonds is 7. The average Bonchev–Trinajstić information content (AvgIpc) is 2.80. The third kappa shape index (κ3) is 6.43. The Morgan fingerprint density at radius 1 is 1.21 bits per heavy atom. The Balaban J connectivity index is 0.00000408. The number of hydrogen-bond donors (Lipinski definition) is 3. The topological polar surface area (TPSA) is 138 Å². The number of hydrogen-bond acceptors (Lipinski definition) is 6. The van der Waals surface area contributed by atoms with E-state index in [1.807, 2.05) is 12.1 Å². The Hall–Kier alpha value is -3.21. The van der Waals surface area contributed by atoms with Crippen LogP contribution in [0.4, 0.5) is 4.79 Å². The molecule has 0 aliphatic carbocycles. The number of nitrogens with zero attached hydrogens (tertiary/aromatic N) is 2. The van der Waals surface area contributed by atoms with E-state index < -0.39 is 42.2 Å². The molecule has 10 nitrogen and oxygen atoms in total. The number of urea groups is 1. The molecule has 0 radical (unpaired) electrons. The number of Topliss-reactive ketones (excluding diaryl/α,β-unsaturated/α-hetero) is 1. The predicted octanol–water partition coefficient (Wildman–Crippen LogP) is 1.24. The zero-order valence-electron chi connectivity index (χ0n) is 18.4. The van der Waals surface area contributed by atoms with Crippen molar-refractivity contribution < 1.29 is 29.0 Å². The first kappa shape index (κ1) is 27.0. The van der Waals surface area contributed by atoms with Gasteiger partial charge in [-0.2, -0.15) is 0 Å². The first-order chi connectivity index (χ1) is 15.7. The molecule has 11 heteroatoms. The van der Waals surface area contributed by atoms with Crippen molar-refractivity contribution in [2.24, 2.45) is 0 Å². The molecule has 3 N–H and O–H groups in total. The Morgan fingerprint density at radius 2 is 1.94 bits per heavy atom. The summed E-state index contributed by atoms with van der Waals surface area (Å²) in [6.45, 7) is 1.55. The van der Waals surface area contributed by atoms with Gasteiger partial charge in [-0.25, -0.2) is 9.78 Å². The molecule has 3 amide bonds.